The minimum absolute atomic E-state index is 0.0897. The molecule has 5 rings (SSSR count). The second-order valence-corrected chi connectivity index (χ2v) is 9.14. The largest absolute Gasteiger partial charge is 0.354 e. The fourth-order valence-electron chi connectivity index (χ4n) is 5.06. The Morgan fingerprint density at radius 2 is 2.09 bits per heavy atom. The predicted molar refractivity (Wildman–Crippen MR) is 127 cm³/mol. The molecule has 2 aliphatic heterocycles. The quantitative estimate of drug-likeness (QED) is 0.584. The Morgan fingerprint density at radius 1 is 1.19 bits per heavy atom. The summed E-state index contributed by atoms with van der Waals surface area (Å²) in [5.41, 5.74) is 2.65. The van der Waals surface area contributed by atoms with Crippen molar-refractivity contribution in [1.29, 1.82) is 0 Å². The van der Waals surface area contributed by atoms with Crippen molar-refractivity contribution in [3.05, 3.63) is 41.4 Å². The molecule has 168 valence electrons. The normalized spacial score (nSPS) is 18.9. The first-order valence-corrected chi connectivity index (χ1v) is 12.1. The lowest BCUT2D eigenvalue weighted by Crippen LogP contribution is -2.45. The fourth-order valence-corrected chi connectivity index (χ4v) is 5.24. The second-order valence-electron chi connectivity index (χ2n) is 8.71. The molecule has 0 spiro atoms. The van der Waals surface area contributed by atoms with Crippen molar-refractivity contribution in [3.63, 3.8) is 0 Å². The topological polar surface area (TPSA) is 67.2 Å². The molecule has 32 heavy (non-hydrogen) atoms. The Labute approximate surface area is 193 Å². The van der Waals surface area contributed by atoms with Crippen LogP contribution in [0.2, 0.25) is 5.02 Å². The van der Waals surface area contributed by atoms with E-state index in [1.165, 1.54) is 12.8 Å². The third-order valence-electron chi connectivity index (χ3n) is 6.65. The number of anilines is 2. The van der Waals surface area contributed by atoms with E-state index in [1.54, 1.807) is 6.33 Å². The highest BCUT2D eigenvalue weighted by Crippen LogP contribution is 2.31. The van der Waals surface area contributed by atoms with Gasteiger partial charge in [0.1, 0.15) is 12.2 Å². The highest BCUT2D eigenvalue weighted by molar-refractivity contribution is 6.30. The van der Waals surface area contributed by atoms with Crippen LogP contribution >= 0.6 is 11.6 Å². The first-order chi connectivity index (χ1) is 15.7. The lowest BCUT2D eigenvalue weighted by Gasteiger charge is -2.35. The summed E-state index contributed by atoms with van der Waals surface area (Å²) >= 11 is 6.18. The van der Waals surface area contributed by atoms with Crippen molar-refractivity contribution in [2.24, 2.45) is 5.92 Å². The lowest BCUT2D eigenvalue weighted by atomic mass is 9.96. The van der Waals surface area contributed by atoms with Gasteiger partial charge in [0.2, 0.25) is 5.91 Å². The number of amides is 1. The van der Waals surface area contributed by atoms with Gasteiger partial charge >= 0.3 is 0 Å². The van der Waals surface area contributed by atoms with E-state index in [0.29, 0.717) is 18.1 Å². The van der Waals surface area contributed by atoms with Gasteiger partial charge in [0.25, 0.3) is 0 Å². The SMILES string of the molecule is CCN(C(=O)[C@H]1CCCN(c2ncnc3c2nc2n3CCCCC2)C1)c1cccc(Cl)c1. The van der Waals surface area contributed by atoms with Gasteiger partial charge in [-0.25, -0.2) is 15.0 Å². The van der Waals surface area contributed by atoms with Crippen molar-refractivity contribution in [2.45, 2.75) is 52.0 Å². The number of hydrogen-bond donors (Lipinski definition) is 0. The number of aryl methyl sites for hydroxylation is 2. The summed E-state index contributed by atoms with van der Waals surface area (Å²) in [5.74, 6) is 2.03. The lowest BCUT2D eigenvalue weighted by molar-refractivity contribution is -0.122. The Hall–Kier alpha value is -2.67. The van der Waals surface area contributed by atoms with Crippen LogP contribution in [-0.2, 0) is 17.8 Å². The summed E-state index contributed by atoms with van der Waals surface area (Å²) in [5, 5.41) is 0.641. The van der Waals surface area contributed by atoms with Crippen LogP contribution in [0.5, 0.6) is 0 Å². The summed E-state index contributed by atoms with van der Waals surface area (Å²) in [7, 11) is 0. The molecule has 1 fully saturated rings. The summed E-state index contributed by atoms with van der Waals surface area (Å²) in [4.78, 5) is 31.7. The molecule has 3 aromatic rings. The molecule has 1 atom stereocenters. The van der Waals surface area contributed by atoms with Crippen LogP contribution < -0.4 is 9.80 Å². The smallest absolute Gasteiger partial charge is 0.231 e. The molecule has 7 nitrogen and oxygen atoms in total. The minimum Gasteiger partial charge on any atom is -0.354 e. The number of carbonyl (C=O) groups excluding carboxylic acids is 1. The molecule has 0 N–H and O–H groups in total. The van der Waals surface area contributed by atoms with Gasteiger partial charge < -0.3 is 14.4 Å². The molecule has 0 radical (unpaired) electrons. The van der Waals surface area contributed by atoms with Crippen molar-refractivity contribution in [3.8, 4) is 0 Å². The van der Waals surface area contributed by atoms with Gasteiger partial charge in [0, 0.05) is 43.3 Å². The zero-order valence-electron chi connectivity index (χ0n) is 18.5. The number of nitrogens with zero attached hydrogens (tertiary/aromatic N) is 6. The Bertz CT molecular complexity index is 1130. The maximum atomic E-state index is 13.5. The number of imidazole rings is 1. The number of benzene rings is 1. The molecule has 4 heterocycles. The monoisotopic (exact) mass is 452 g/mol. The van der Waals surface area contributed by atoms with Crippen molar-refractivity contribution in [2.75, 3.05) is 29.4 Å². The van der Waals surface area contributed by atoms with E-state index < -0.39 is 0 Å². The number of fused-ring (bicyclic) bond motifs is 3. The van der Waals surface area contributed by atoms with E-state index in [9.17, 15) is 4.79 Å². The summed E-state index contributed by atoms with van der Waals surface area (Å²) < 4.78 is 2.26. The first-order valence-electron chi connectivity index (χ1n) is 11.7. The van der Waals surface area contributed by atoms with Crippen LogP contribution in [0.15, 0.2) is 30.6 Å². The Balaban J connectivity index is 1.41. The average molecular weight is 453 g/mol. The van der Waals surface area contributed by atoms with Crippen molar-refractivity contribution >= 4 is 40.2 Å². The van der Waals surface area contributed by atoms with E-state index >= 15 is 0 Å². The zero-order valence-corrected chi connectivity index (χ0v) is 19.3. The average Bonchev–Trinajstić information content (AvgIpc) is 3.00. The molecule has 8 heteroatoms. The number of aromatic nitrogens is 4. The summed E-state index contributed by atoms with van der Waals surface area (Å²) in [6.07, 6.45) is 8.02. The first kappa shape index (κ1) is 21.2. The van der Waals surface area contributed by atoms with Crippen LogP contribution in [0.25, 0.3) is 11.2 Å². The standard InChI is InChI=1S/C24H29ClN6O/c1-2-30(19-10-6-9-18(25)14-19)24(32)17-8-7-12-29(15-17)22-21-23(27-16-26-22)31-13-5-3-4-11-20(31)28-21/h6,9-10,14,16-17H,2-5,7-8,11-13,15H2,1H3/t17-/m0/s1. The second kappa shape index (κ2) is 9.06. The molecule has 0 saturated carbocycles. The maximum absolute atomic E-state index is 13.5. The summed E-state index contributed by atoms with van der Waals surface area (Å²) in [6, 6.07) is 7.52. The molecule has 1 saturated heterocycles. The van der Waals surface area contributed by atoms with Crippen LogP contribution in [0, 0.1) is 5.92 Å². The molecular weight excluding hydrogens is 424 g/mol. The Morgan fingerprint density at radius 3 is 2.94 bits per heavy atom. The van der Waals surface area contributed by atoms with Gasteiger partial charge in [0.05, 0.1) is 5.92 Å². The van der Waals surface area contributed by atoms with E-state index in [2.05, 4.69) is 19.4 Å². The number of piperidine rings is 1. The van der Waals surface area contributed by atoms with Gasteiger partial charge in [-0.05, 0) is 50.8 Å². The molecule has 2 aliphatic rings. The van der Waals surface area contributed by atoms with E-state index in [1.807, 2.05) is 36.1 Å². The molecule has 0 bridgehead atoms. The highest BCUT2D eigenvalue weighted by Gasteiger charge is 2.31. The Kier molecular flexibility index (Phi) is 6.00. The van der Waals surface area contributed by atoms with Crippen LogP contribution in [-0.4, -0.2) is 45.1 Å². The molecule has 1 amide bonds. The summed E-state index contributed by atoms with van der Waals surface area (Å²) in [6.45, 7) is 5.10. The van der Waals surface area contributed by atoms with Crippen LogP contribution in [0.1, 0.15) is 44.9 Å². The van der Waals surface area contributed by atoms with E-state index in [4.69, 9.17) is 16.6 Å². The van der Waals surface area contributed by atoms with Gasteiger partial charge in [-0.3, -0.25) is 4.79 Å². The predicted octanol–water partition coefficient (Wildman–Crippen LogP) is 4.48. The molecular formula is C24H29ClN6O. The van der Waals surface area contributed by atoms with Gasteiger partial charge in [0.15, 0.2) is 17.0 Å². The van der Waals surface area contributed by atoms with Gasteiger partial charge in [-0.1, -0.05) is 24.1 Å². The third-order valence-corrected chi connectivity index (χ3v) is 6.88. The molecule has 0 aliphatic carbocycles. The zero-order chi connectivity index (χ0) is 22.1. The molecule has 1 aromatic carbocycles. The molecule has 0 unspecified atom stereocenters. The van der Waals surface area contributed by atoms with Gasteiger partial charge in [-0.2, -0.15) is 0 Å². The van der Waals surface area contributed by atoms with Crippen LogP contribution in [0.3, 0.4) is 0 Å². The van der Waals surface area contributed by atoms with Crippen molar-refractivity contribution in [1.82, 2.24) is 19.5 Å². The number of hydrogen-bond acceptors (Lipinski definition) is 5. The number of halogens is 1. The minimum atomic E-state index is -0.0897. The van der Waals surface area contributed by atoms with Gasteiger partial charge in [-0.15, -0.1) is 0 Å². The third kappa shape index (κ3) is 3.94. The van der Waals surface area contributed by atoms with E-state index in [-0.39, 0.29) is 11.8 Å². The van der Waals surface area contributed by atoms with E-state index in [0.717, 1.165) is 67.3 Å². The number of rotatable bonds is 4. The van der Waals surface area contributed by atoms with Crippen LogP contribution in [0.4, 0.5) is 11.5 Å². The van der Waals surface area contributed by atoms with Crippen molar-refractivity contribution < 1.29 is 4.79 Å². The number of carbonyl (C=O) groups is 1. The highest BCUT2D eigenvalue weighted by atomic mass is 35.5. The fraction of sp³-hybridized carbons (Fsp3) is 0.500. The molecule has 2 aromatic heterocycles. The maximum Gasteiger partial charge on any atom is 0.231 e.